The Labute approximate surface area is 82.5 Å². The van der Waals surface area contributed by atoms with Crippen molar-refractivity contribution in [1.29, 1.82) is 0 Å². The Balaban J connectivity index is 1.98. The van der Waals surface area contributed by atoms with E-state index in [1.165, 1.54) is 0 Å². The van der Waals surface area contributed by atoms with Gasteiger partial charge in [-0.2, -0.15) is 0 Å². The van der Waals surface area contributed by atoms with Crippen LogP contribution in [0.3, 0.4) is 0 Å². The van der Waals surface area contributed by atoms with Crippen LogP contribution >= 0.6 is 0 Å². The lowest BCUT2D eigenvalue weighted by molar-refractivity contribution is 0.174. The van der Waals surface area contributed by atoms with Gasteiger partial charge in [-0.1, -0.05) is 0 Å². The van der Waals surface area contributed by atoms with Crippen molar-refractivity contribution in [1.82, 2.24) is 0 Å². The summed E-state index contributed by atoms with van der Waals surface area (Å²) in [5, 5.41) is 11.8. The number of anilines is 1. The van der Waals surface area contributed by atoms with Crippen molar-refractivity contribution in [2.24, 2.45) is 0 Å². The molecule has 0 amide bonds. The molecule has 0 atom stereocenters. The Hall–Kier alpha value is -1.42. The normalized spacial score (nSPS) is 12.9. The third-order valence-corrected chi connectivity index (χ3v) is 2.04. The molecule has 0 fully saturated rings. The summed E-state index contributed by atoms with van der Waals surface area (Å²) in [7, 11) is 0. The van der Waals surface area contributed by atoms with Crippen LogP contribution in [0, 0.1) is 0 Å². The van der Waals surface area contributed by atoms with Crippen LogP contribution in [0.1, 0.15) is 6.42 Å². The number of nitrogens with one attached hydrogen (secondary N) is 1. The average molecular weight is 195 g/mol. The molecule has 0 radical (unpaired) electrons. The Morgan fingerprint density at radius 3 is 3.00 bits per heavy atom. The van der Waals surface area contributed by atoms with Crippen molar-refractivity contribution in [3.8, 4) is 11.5 Å². The van der Waals surface area contributed by atoms with E-state index in [-0.39, 0.29) is 6.61 Å². The van der Waals surface area contributed by atoms with Gasteiger partial charge in [0.1, 0.15) is 0 Å². The maximum absolute atomic E-state index is 8.61. The quantitative estimate of drug-likeness (QED) is 0.709. The molecule has 1 aliphatic rings. The van der Waals surface area contributed by atoms with Crippen LogP contribution < -0.4 is 14.8 Å². The number of aliphatic hydroxyl groups is 1. The highest BCUT2D eigenvalue weighted by atomic mass is 16.7. The summed E-state index contributed by atoms with van der Waals surface area (Å²) in [4.78, 5) is 0. The summed E-state index contributed by atoms with van der Waals surface area (Å²) in [5.41, 5.74) is 0.989. The van der Waals surface area contributed by atoms with Gasteiger partial charge in [0, 0.05) is 24.9 Å². The predicted molar refractivity (Wildman–Crippen MR) is 52.8 cm³/mol. The lowest BCUT2D eigenvalue weighted by atomic mass is 10.2. The summed E-state index contributed by atoms with van der Waals surface area (Å²) in [6, 6.07) is 5.72. The molecule has 1 aromatic carbocycles. The first kappa shape index (κ1) is 9.15. The zero-order valence-electron chi connectivity index (χ0n) is 7.82. The highest BCUT2D eigenvalue weighted by Crippen LogP contribution is 2.34. The molecular formula is C10H13NO3. The van der Waals surface area contributed by atoms with Crippen LogP contribution in [0.25, 0.3) is 0 Å². The fourth-order valence-corrected chi connectivity index (χ4v) is 1.32. The topological polar surface area (TPSA) is 50.7 Å². The van der Waals surface area contributed by atoms with E-state index in [1.54, 1.807) is 0 Å². The summed E-state index contributed by atoms with van der Waals surface area (Å²) in [5.74, 6) is 1.57. The molecule has 14 heavy (non-hydrogen) atoms. The molecule has 1 heterocycles. The van der Waals surface area contributed by atoms with E-state index >= 15 is 0 Å². The Morgan fingerprint density at radius 2 is 2.14 bits per heavy atom. The SMILES string of the molecule is OCCCNc1ccc2c(c1)OCO2. The van der Waals surface area contributed by atoms with Crippen LogP contribution in [0.15, 0.2) is 18.2 Å². The van der Waals surface area contributed by atoms with Crippen LogP contribution in [-0.4, -0.2) is 25.1 Å². The highest BCUT2D eigenvalue weighted by molar-refractivity contribution is 5.55. The molecule has 4 nitrogen and oxygen atoms in total. The van der Waals surface area contributed by atoms with Crippen LogP contribution in [-0.2, 0) is 0 Å². The van der Waals surface area contributed by atoms with E-state index in [0.717, 1.165) is 30.2 Å². The van der Waals surface area contributed by atoms with Gasteiger partial charge in [0.05, 0.1) is 0 Å². The van der Waals surface area contributed by atoms with Gasteiger partial charge >= 0.3 is 0 Å². The van der Waals surface area contributed by atoms with Crippen LogP contribution in [0.2, 0.25) is 0 Å². The monoisotopic (exact) mass is 195 g/mol. The van der Waals surface area contributed by atoms with Crippen LogP contribution in [0.4, 0.5) is 5.69 Å². The van der Waals surface area contributed by atoms with Gasteiger partial charge in [-0.3, -0.25) is 0 Å². The van der Waals surface area contributed by atoms with E-state index in [0.29, 0.717) is 6.79 Å². The van der Waals surface area contributed by atoms with E-state index in [4.69, 9.17) is 14.6 Å². The van der Waals surface area contributed by atoms with E-state index < -0.39 is 0 Å². The van der Waals surface area contributed by atoms with Crippen molar-refractivity contribution in [2.45, 2.75) is 6.42 Å². The second-order valence-electron chi connectivity index (χ2n) is 3.07. The zero-order valence-corrected chi connectivity index (χ0v) is 7.82. The van der Waals surface area contributed by atoms with Gasteiger partial charge in [-0.25, -0.2) is 0 Å². The second-order valence-corrected chi connectivity index (χ2v) is 3.07. The van der Waals surface area contributed by atoms with Gasteiger partial charge in [-0.05, 0) is 18.6 Å². The maximum Gasteiger partial charge on any atom is 0.231 e. The molecule has 1 aromatic rings. The molecule has 0 unspecified atom stereocenters. The minimum absolute atomic E-state index is 0.206. The Bertz CT molecular complexity index is 314. The third-order valence-electron chi connectivity index (χ3n) is 2.04. The molecule has 0 saturated carbocycles. The van der Waals surface area contributed by atoms with Crippen molar-refractivity contribution in [3.63, 3.8) is 0 Å². The first-order valence-corrected chi connectivity index (χ1v) is 4.64. The van der Waals surface area contributed by atoms with Gasteiger partial charge < -0.3 is 19.9 Å². The maximum atomic E-state index is 8.61. The van der Waals surface area contributed by atoms with Crippen molar-refractivity contribution >= 4 is 5.69 Å². The number of hydrogen-bond donors (Lipinski definition) is 2. The number of hydrogen-bond acceptors (Lipinski definition) is 4. The van der Waals surface area contributed by atoms with Crippen molar-refractivity contribution in [3.05, 3.63) is 18.2 Å². The first-order chi connectivity index (χ1) is 6.90. The lowest BCUT2D eigenvalue weighted by Gasteiger charge is -2.05. The molecule has 2 rings (SSSR count). The number of aliphatic hydroxyl groups excluding tert-OH is 1. The fraction of sp³-hybridized carbons (Fsp3) is 0.400. The fourth-order valence-electron chi connectivity index (χ4n) is 1.32. The largest absolute Gasteiger partial charge is 0.454 e. The number of ether oxygens (including phenoxy) is 2. The minimum atomic E-state index is 0.206. The van der Waals surface area contributed by atoms with Crippen molar-refractivity contribution < 1.29 is 14.6 Å². The lowest BCUT2D eigenvalue weighted by Crippen LogP contribution is -2.02. The summed E-state index contributed by atoms with van der Waals surface area (Å²) in [6.07, 6.45) is 0.744. The second kappa shape index (κ2) is 4.19. The molecule has 0 aliphatic carbocycles. The predicted octanol–water partition coefficient (Wildman–Crippen LogP) is 1.21. The molecule has 0 saturated heterocycles. The molecular weight excluding hydrogens is 182 g/mol. The van der Waals surface area contributed by atoms with E-state index in [9.17, 15) is 0 Å². The highest BCUT2D eigenvalue weighted by Gasteiger charge is 2.12. The molecule has 0 spiro atoms. The Kier molecular flexibility index (Phi) is 2.74. The summed E-state index contributed by atoms with van der Waals surface area (Å²) < 4.78 is 10.4. The van der Waals surface area contributed by atoms with Gasteiger partial charge in [-0.15, -0.1) is 0 Å². The number of rotatable bonds is 4. The van der Waals surface area contributed by atoms with E-state index in [2.05, 4.69) is 5.32 Å². The zero-order chi connectivity index (χ0) is 9.80. The van der Waals surface area contributed by atoms with Gasteiger partial charge in [0.2, 0.25) is 6.79 Å². The molecule has 76 valence electrons. The number of fused-ring (bicyclic) bond motifs is 1. The van der Waals surface area contributed by atoms with Gasteiger partial charge in [0.25, 0.3) is 0 Å². The Morgan fingerprint density at radius 1 is 1.29 bits per heavy atom. The third kappa shape index (κ3) is 1.90. The van der Waals surface area contributed by atoms with Crippen LogP contribution in [0.5, 0.6) is 11.5 Å². The summed E-state index contributed by atoms with van der Waals surface area (Å²) in [6.45, 7) is 1.27. The summed E-state index contributed by atoms with van der Waals surface area (Å²) >= 11 is 0. The molecule has 0 aromatic heterocycles. The molecule has 4 heteroatoms. The molecule has 1 aliphatic heterocycles. The van der Waals surface area contributed by atoms with Crippen molar-refractivity contribution in [2.75, 3.05) is 25.3 Å². The van der Waals surface area contributed by atoms with Gasteiger partial charge in [0.15, 0.2) is 11.5 Å². The smallest absolute Gasteiger partial charge is 0.231 e. The van der Waals surface area contributed by atoms with E-state index in [1.807, 2.05) is 18.2 Å². The minimum Gasteiger partial charge on any atom is -0.454 e. The standard InChI is InChI=1S/C10H13NO3/c12-5-1-4-11-8-2-3-9-10(6-8)14-7-13-9/h2-3,6,11-12H,1,4-5,7H2. The number of benzene rings is 1. The molecule has 0 bridgehead atoms. The molecule has 2 N–H and O–H groups in total. The average Bonchev–Trinajstić information content (AvgIpc) is 2.65. The first-order valence-electron chi connectivity index (χ1n) is 4.64.